The largest absolute Gasteiger partial charge is 0.335 e. The van der Waals surface area contributed by atoms with Gasteiger partial charge in [0.2, 0.25) is 5.91 Å². The van der Waals surface area contributed by atoms with Crippen LogP contribution in [0, 0.1) is 0 Å². The van der Waals surface area contributed by atoms with E-state index in [1.165, 1.54) is 6.92 Å². The summed E-state index contributed by atoms with van der Waals surface area (Å²) in [5.74, 6) is 0.186. The second-order valence-electron chi connectivity index (χ2n) is 2.62. The van der Waals surface area contributed by atoms with E-state index in [1.807, 2.05) is 13.8 Å². The third-order valence-corrected chi connectivity index (χ3v) is 1.58. The minimum absolute atomic E-state index is 0.0650. The van der Waals surface area contributed by atoms with E-state index < -0.39 is 0 Å². The smallest absolute Gasteiger partial charge is 0.223 e. The summed E-state index contributed by atoms with van der Waals surface area (Å²) in [6.45, 7) is 6.57. The monoisotopic (exact) mass is 171 g/mol. The lowest BCUT2D eigenvalue weighted by Crippen LogP contribution is -2.29. The summed E-state index contributed by atoms with van der Waals surface area (Å²) >= 11 is 0. The average Bonchev–Trinajstić information content (AvgIpc) is 2.40. The molecule has 0 unspecified atom stereocenters. The molecule has 1 saturated heterocycles. The molecule has 0 bridgehead atoms. The van der Waals surface area contributed by atoms with Crippen LogP contribution in [0.1, 0.15) is 33.6 Å². The van der Waals surface area contributed by atoms with Gasteiger partial charge in [-0.2, -0.15) is 0 Å². The quantitative estimate of drug-likeness (QED) is 0.626. The van der Waals surface area contributed by atoms with Gasteiger partial charge in [0.25, 0.3) is 0 Å². The van der Waals surface area contributed by atoms with Crippen molar-refractivity contribution >= 4 is 11.7 Å². The van der Waals surface area contributed by atoms with Gasteiger partial charge in [-0.15, -0.1) is 0 Å². The van der Waals surface area contributed by atoms with Gasteiger partial charge in [-0.1, -0.05) is 13.8 Å². The number of hydrogen-bond donors (Lipinski definition) is 0. The van der Waals surface area contributed by atoms with E-state index in [4.69, 9.17) is 0 Å². The molecular formula is C9H17NO2. The minimum atomic E-state index is 0.0650. The first-order chi connectivity index (χ1) is 5.70. The van der Waals surface area contributed by atoms with Crippen molar-refractivity contribution in [2.45, 2.75) is 33.6 Å². The maximum Gasteiger partial charge on any atom is 0.223 e. The predicted molar refractivity (Wildman–Crippen MR) is 47.8 cm³/mol. The third-order valence-electron chi connectivity index (χ3n) is 1.58. The van der Waals surface area contributed by atoms with Crippen molar-refractivity contribution in [3.05, 3.63) is 0 Å². The molecule has 3 nitrogen and oxygen atoms in total. The molecule has 70 valence electrons. The van der Waals surface area contributed by atoms with Crippen LogP contribution in [-0.2, 0) is 9.59 Å². The second-order valence-corrected chi connectivity index (χ2v) is 2.62. The van der Waals surface area contributed by atoms with E-state index >= 15 is 0 Å². The Morgan fingerprint density at radius 3 is 2.42 bits per heavy atom. The van der Waals surface area contributed by atoms with Crippen LogP contribution in [0.2, 0.25) is 0 Å². The highest BCUT2D eigenvalue weighted by molar-refractivity contribution is 5.85. The van der Waals surface area contributed by atoms with E-state index in [0.717, 1.165) is 13.0 Å². The summed E-state index contributed by atoms with van der Waals surface area (Å²) in [4.78, 5) is 23.0. The molecule has 0 atom stereocenters. The van der Waals surface area contributed by atoms with E-state index in [1.54, 1.807) is 4.90 Å². The Balaban J connectivity index is 0.000000561. The molecule has 12 heavy (non-hydrogen) atoms. The van der Waals surface area contributed by atoms with Crippen LogP contribution in [0.25, 0.3) is 0 Å². The fourth-order valence-corrected chi connectivity index (χ4v) is 1.14. The number of rotatable bonds is 2. The highest BCUT2D eigenvalue weighted by Crippen LogP contribution is 2.08. The maximum absolute atomic E-state index is 10.9. The standard InChI is InChI=1S/C7H11NO2.C2H6/c1-6(9)5-8-4-2-3-7(8)10;1-2/h2-5H2,1H3;1-2H3. The van der Waals surface area contributed by atoms with Gasteiger partial charge in [0.1, 0.15) is 5.78 Å². The van der Waals surface area contributed by atoms with Gasteiger partial charge in [-0.05, 0) is 13.3 Å². The normalized spacial score (nSPS) is 15.6. The van der Waals surface area contributed by atoms with Crippen LogP contribution < -0.4 is 0 Å². The van der Waals surface area contributed by atoms with Gasteiger partial charge >= 0.3 is 0 Å². The summed E-state index contributed by atoms with van der Waals surface area (Å²) in [6, 6.07) is 0. The Morgan fingerprint density at radius 1 is 1.50 bits per heavy atom. The molecular weight excluding hydrogens is 154 g/mol. The molecule has 1 fully saturated rings. The van der Waals surface area contributed by atoms with Crippen molar-refractivity contribution in [2.75, 3.05) is 13.1 Å². The molecule has 0 radical (unpaired) electrons. The lowest BCUT2D eigenvalue weighted by molar-refractivity contribution is -0.131. The molecule has 0 aromatic carbocycles. The van der Waals surface area contributed by atoms with Crippen molar-refractivity contribution < 1.29 is 9.59 Å². The van der Waals surface area contributed by atoms with Crippen LogP contribution in [0.3, 0.4) is 0 Å². The average molecular weight is 171 g/mol. The van der Waals surface area contributed by atoms with Gasteiger partial charge in [-0.25, -0.2) is 0 Å². The molecule has 1 rings (SSSR count). The molecule has 0 aromatic rings. The first-order valence-corrected chi connectivity index (χ1v) is 4.47. The summed E-state index contributed by atoms with van der Waals surface area (Å²) < 4.78 is 0. The van der Waals surface area contributed by atoms with E-state index in [9.17, 15) is 9.59 Å². The number of likely N-dealkylation sites (tertiary alicyclic amines) is 1. The molecule has 3 heteroatoms. The van der Waals surface area contributed by atoms with E-state index in [2.05, 4.69) is 0 Å². The molecule has 0 aromatic heterocycles. The molecule has 0 N–H and O–H groups in total. The fraction of sp³-hybridized carbons (Fsp3) is 0.778. The van der Waals surface area contributed by atoms with Gasteiger partial charge < -0.3 is 4.90 Å². The predicted octanol–water partition coefficient (Wildman–Crippen LogP) is 1.22. The summed E-state index contributed by atoms with van der Waals surface area (Å²) in [5, 5.41) is 0. The van der Waals surface area contributed by atoms with Crippen molar-refractivity contribution in [3.8, 4) is 0 Å². The zero-order valence-corrected chi connectivity index (χ0v) is 8.09. The molecule has 1 aliphatic rings. The minimum Gasteiger partial charge on any atom is -0.335 e. The highest BCUT2D eigenvalue weighted by Gasteiger charge is 2.20. The lowest BCUT2D eigenvalue weighted by Gasteiger charge is -2.11. The number of carbonyl (C=O) groups is 2. The first kappa shape index (κ1) is 11.1. The zero-order valence-electron chi connectivity index (χ0n) is 8.09. The fourth-order valence-electron chi connectivity index (χ4n) is 1.14. The molecule has 1 aliphatic heterocycles. The van der Waals surface area contributed by atoms with Gasteiger partial charge in [0.15, 0.2) is 0 Å². The molecule has 0 aliphatic carbocycles. The Labute approximate surface area is 73.7 Å². The van der Waals surface area contributed by atoms with Crippen LogP contribution >= 0.6 is 0 Å². The second kappa shape index (κ2) is 5.75. The van der Waals surface area contributed by atoms with Gasteiger partial charge in [0, 0.05) is 13.0 Å². The van der Waals surface area contributed by atoms with E-state index in [-0.39, 0.29) is 11.7 Å². The Hall–Kier alpha value is -0.860. The molecule has 1 heterocycles. The van der Waals surface area contributed by atoms with Crippen molar-refractivity contribution in [1.82, 2.24) is 4.90 Å². The maximum atomic E-state index is 10.9. The van der Waals surface area contributed by atoms with Gasteiger partial charge in [-0.3, -0.25) is 9.59 Å². The summed E-state index contributed by atoms with van der Waals surface area (Å²) in [6.07, 6.45) is 1.53. The topological polar surface area (TPSA) is 37.4 Å². The lowest BCUT2D eigenvalue weighted by atomic mass is 10.4. The zero-order chi connectivity index (χ0) is 9.56. The van der Waals surface area contributed by atoms with Gasteiger partial charge in [0.05, 0.1) is 6.54 Å². The molecule has 0 saturated carbocycles. The Kier molecular flexibility index (Phi) is 5.34. The highest BCUT2D eigenvalue weighted by atomic mass is 16.2. The Morgan fingerprint density at radius 2 is 2.08 bits per heavy atom. The van der Waals surface area contributed by atoms with Crippen LogP contribution in [0.5, 0.6) is 0 Å². The first-order valence-electron chi connectivity index (χ1n) is 4.47. The van der Waals surface area contributed by atoms with Crippen LogP contribution in [0.15, 0.2) is 0 Å². The SMILES string of the molecule is CC.CC(=O)CN1CCCC1=O. The number of carbonyl (C=O) groups excluding carboxylic acids is 2. The molecule has 0 spiro atoms. The number of ketones is 1. The number of Topliss-reactive ketones (excluding diaryl/α,β-unsaturated/α-hetero) is 1. The third kappa shape index (κ3) is 3.51. The van der Waals surface area contributed by atoms with Crippen molar-refractivity contribution in [2.24, 2.45) is 0 Å². The Bertz CT molecular complexity index is 166. The van der Waals surface area contributed by atoms with Crippen molar-refractivity contribution in [1.29, 1.82) is 0 Å². The van der Waals surface area contributed by atoms with Crippen LogP contribution in [-0.4, -0.2) is 29.7 Å². The number of amides is 1. The van der Waals surface area contributed by atoms with Crippen LogP contribution in [0.4, 0.5) is 0 Å². The van der Waals surface area contributed by atoms with Crippen molar-refractivity contribution in [3.63, 3.8) is 0 Å². The number of nitrogens with zero attached hydrogens (tertiary/aromatic N) is 1. The number of hydrogen-bond acceptors (Lipinski definition) is 2. The summed E-state index contributed by atoms with van der Waals surface area (Å²) in [7, 11) is 0. The summed E-state index contributed by atoms with van der Waals surface area (Å²) in [5.41, 5.74) is 0. The molecule has 1 amide bonds. The van der Waals surface area contributed by atoms with E-state index in [0.29, 0.717) is 13.0 Å².